The molecule has 0 aliphatic rings. The number of nitriles is 1. The third kappa shape index (κ3) is 11.1. The lowest BCUT2D eigenvalue weighted by Gasteiger charge is -2.16. The SMILES string of the molecule is Cc1c(C#N)c(Nc2ccc(S(=O)(=O)O)cc2)nc(Nc2ccc(S(=O)(=O)O)cc2)c1N=Nc1nc(-c2ccc3ccccc3c2)c(N=Nc2cc(S(=O)(=O)O)c3cc(NS(=O)(=O)c4ccccc4)ccc3c2)s1. The molecule has 9 rings (SSSR count). The van der Waals surface area contributed by atoms with Gasteiger partial charge in [0, 0.05) is 33.6 Å². The van der Waals surface area contributed by atoms with Gasteiger partial charge in [-0.3, -0.25) is 18.4 Å². The lowest BCUT2D eigenvalue weighted by Crippen LogP contribution is -2.12. The smallest absolute Gasteiger partial charge is 0.295 e. The number of rotatable bonds is 15. The van der Waals surface area contributed by atoms with E-state index in [9.17, 15) is 52.6 Å². The van der Waals surface area contributed by atoms with E-state index in [1.54, 1.807) is 31.2 Å². The Morgan fingerprint density at radius 2 is 1.15 bits per heavy atom. The molecule has 0 saturated carbocycles. The monoisotopic (exact) mass is 1090 g/mol. The van der Waals surface area contributed by atoms with Crippen LogP contribution in [0, 0.1) is 18.3 Å². The Morgan fingerprint density at radius 1 is 0.554 bits per heavy atom. The van der Waals surface area contributed by atoms with Gasteiger partial charge >= 0.3 is 0 Å². The van der Waals surface area contributed by atoms with Gasteiger partial charge in [0.15, 0.2) is 16.6 Å². The van der Waals surface area contributed by atoms with Crippen LogP contribution in [0.1, 0.15) is 11.1 Å². The van der Waals surface area contributed by atoms with E-state index >= 15 is 0 Å². The number of azo groups is 2. The molecule has 9 aromatic rings. The molecule has 2 aromatic heterocycles. The van der Waals surface area contributed by atoms with E-state index in [0.29, 0.717) is 5.56 Å². The number of sulfonamides is 1. The van der Waals surface area contributed by atoms with Crippen LogP contribution in [0.5, 0.6) is 0 Å². The van der Waals surface area contributed by atoms with Crippen LogP contribution in [0.3, 0.4) is 0 Å². The molecule has 0 aliphatic carbocycles. The average molecular weight is 1090 g/mol. The second kappa shape index (κ2) is 19.9. The molecule has 0 fully saturated rings. The van der Waals surface area contributed by atoms with Crippen LogP contribution in [-0.4, -0.2) is 57.3 Å². The van der Waals surface area contributed by atoms with Crippen LogP contribution in [0.2, 0.25) is 0 Å². The van der Waals surface area contributed by atoms with Gasteiger partial charge in [0.25, 0.3) is 40.4 Å². The van der Waals surface area contributed by atoms with Gasteiger partial charge in [-0.2, -0.15) is 30.5 Å². The Balaban J connectivity index is 1.12. The number of hydrogen-bond donors (Lipinski definition) is 6. The van der Waals surface area contributed by atoms with Crippen molar-refractivity contribution in [1.82, 2.24) is 9.97 Å². The fraction of sp³-hybridized carbons (Fsp3) is 0.0208. The number of pyridine rings is 1. The largest absolute Gasteiger partial charge is 0.339 e. The van der Waals surface area contributed by atoms with Crippen LogP contribution in [-0.2, 0) is 40.4 Å². The predicted octanol–water partition coefficient (Wildman–Crippen LogP) is 11.6. The highest BCUT2D eigenvalue weighted by atomic mass is 32.2. The standard InChI is InChI=1S/C48H34N10O11S5/c1-28-41(27-49)45(50-33-15-19-38(20-16-33)72(61,62)63)53-46(51-34-17-21-39(22-18-34)73(64,65)66)43(28)55-57-48-52-44(32-12-11-29-7-5-6-8-30(29)23-32)47(70-48)56-54-36-24-31-13-14-35(25-40(31)42(26-36)74(67,68)69)58-71(59,60)37-9-3-2-4-10-37/h2-26,58H,1H3,(H2,50,51,53)(H,61,62,63)(H,64,65,66)(H,67,68,69). The second-order valence-electron chi connectivity index (χ2n) is 15.9. The summed E-state index contributed by atoms with van der Waals surface area (Å²) in [7, 11) is -18.0. The van der Waals surface area contributed by atoms with Crippen molar-refractivity contribution in [2.45, 2.75) is 26.5 Å². The third-order valence-corrected chi connectivity index (χ3v) is 15.8. The van der Waals surface area contributed by atoms with E-state index < -0.39 is 45.3 Å². The average Bonchev–Trinajstić information content (AvgIpc) is 3.78. The first-order chi connectivity index (χ1) is 35.1. The maximum absolute atomic E-state index is 13.1. The minimum Gasteiger partial charge on any atom is -0.339 e. The van der Waals surface area contributed by atoms with Gasteiger partial charge in [-0.05, 0) is 114 Å². The van der Waals surface area contributed by atoms with Gasteiger partial charge in [-0.15, -0.1) is 20.5 Å². The van der Waals surface area contributed by atoms with Crippen LogP contribution >= 0.6 is 11.3 Å². The van der Waals surface area contributed by atoms with Crippen molar-refractivity contribution < 1.29 is 47.3 Å². The zero-order valence-corrected chi connectivity index (χ0v) is 41.8. The molecule has 6 N–H and O–H groups in total. The Bertz CT molecular complexity index is 4290. The van der Waals surface area contributed by atoms with Crippen LogP contribution in [0.4, 0.5) is 50.2 Å². The Kier molecular flexibility index (Phi) is 13.6. The predicted molar refractivity (Wildman–Crippen MR) is 277 cm³/mol. The Morgan fingerprint density at radius 3 is 1.77 bits per heavy atom. The van der Waals surface area contributed by atoms with E-state index in [0.717, 1.165) is 52.4 Å². The molecule has 21 nitrogen and oxygen atoms in total. The maximum atomic E-state index is 13.1. The molecule has 26 heteroatoms. The lowest BCUT2D eigenvalue weighted by atomic mass is 10.1. The van der Waals surface area contributed by atoms with Crippen LogP contribution in [0.25, 0.3) is 32.8 Å². The summed E-state index contributed by atoms with van der Waals surface area (Å²) in [6.07, 6.45) is 0. The number of fused-ring (bicyclic) bond motifs is 2. The molecule has 372 valence electrons. The maximum Gasteiger partial charge on any atom is 0.295 e. The van der Waals surface area contributed by atoms with E-state index in [4.69, 9.17) is 4.98 Å². The molecule has 7 aromatic carbocycles. The number of benzene rings is 7. The molecule has 2 heterocycles. The zero-order chi connectivity index (χ0) is 52.6. The van der Waals surface area contributed by atoms with E-state index in [1.165, 1.54) is 60.7 Å². The number of thiazole rings is 1. The summed E-state index contributed by atoms with van der Waals surface area (Å²) in [5.74, 6) is -0.0325. The first-order valence-electron chi connectivity index (χ1n) is 21.2. The van der Waals surface area contributed by atoms with E-state index in [-0.39, 0.29) is 92.5 Å². The van der Waals surface area contributed by atoms with Crippen LogP contribution < -0.4 is 15.4 Å². The molecule has 0 radical (unpaired) electrons. The molecule has 0 spiro atoms. The summed E-state index contributed by atoms with van der Waals surface area (Å²) in [5, 5.41) is 36.4. The highest BCUT2D eigenvalue weighted by molar-refractivity contribution is 7.92. The minimum absolute atomic E-state index is 0.0106. The molecular weight excluding hydrogens is 1050 g/mol. The first kappa shape index (κ1) is 50.5. The molecule has 0 aliphatic heterocycles. The summed E-state index contributed by atoms with van der Waals surface area (Å²) in [5.41, 5.74) is 1.66. The molecule has 0 bridgehead atoms. The van der Waals surface area contributed by atoms with Crippen molar-refractivity contribution in [2.75, 3.05) is 15.4 Å². The summed E-state index contributed by atoms with van der Waals surface area (Å²) in [6, 6.07) is 39.4. The van der Waals surface area contributed by atoms with Gasteiger partial charge in [-0.1, -0.05) is 72.0 Å². The highest BCUT2D eigenvalue weighted by Crippen LogP contribution is 2.44. The van der Waals surface area contributed by atoms with E-state index in [1.807, 2.05) is 36.4 Å². The Labute approximate surface area is 426 Å². The topological polar surface area (TPSA) is 332 Å². The second-order valence-corrected chi connectivity index (χ2v) is 22.8. The molecule has 0 unspecified atom stereocenters. The molecule has 0 atom stereocenters. The van der Waals surface area contributed by atoms with Gasteiger partial charge in [0.1, 0.15) is 22.3 Å². The van der Waals surface area contributed by atoms with Crippen molar-refractivity contribution in [3.8, 4) is 17.3 Å². The summed E-state index contributed by atoms with van der Waals surface area (Å²) < 4.78 is 131. The molecule has 0 saturated heterocycles. The number of anilines is 5. The van der Waals surface area contributed by atoms with Crippen molar-refractivity contribution in [3.05, 3.63) is 163 Å². The van der Waals surface area contributed by atoms with Crippen molar-refractivity contribution in [3.63, 3.8) is 0 Å². The van der Waals surface area contributed by atoms with Crippen molar-refractivity contribution in [1.29, 1.82) is 5.26 Å². The number of hydrogen-bond acceptors (Lipinski definition) is 18. The molecular formula is C48H34N10O11S5. The summed E-state index contributed by atoms with van der Waals surface area (Å²) in [6.45, 7) is 1.56. The lowest BCUT2D eigenvalue weighted by molar-refractivity contribution is 0.481. The molecule has 74 heavy (non-hydrogen) atoms. The molecule has 0 amide bonds. The van der Waals surface area contributed by atoms with Gasteiger partial charge in [0.05, 0.1) is 25.9 Å². The summed E-state index contributed by atoms with van der Waals surface area (Å²) in [4.78, 5) is 8.00. The highest BCUT2D eigenvalue weighted by Gasteiger charge is 2.22. The van der Waals surface area contributed by atoms with Crippen LogP contribution in [0.15, 0.2) is 192 Å². The van der Waals surface area contributed by atoms with Crippen molar-refractivity contribution >= 4 is 123 Å². The first-order valence-corrected chi connectivity index (χ1v) is 27.9. The van der Waals surface area contributed by atoms with Gasteiger partial charge in [0.2, 0.25) is 5.13 Å². The van der Waals surface area contributed by atoms with E-state index in [2.05, 4.69) is 46.9 Å². The quantitative estimate of drug-likeness (QED) is 0.0410. The fourth-order valence-corrected chi connectivity index (χ4v) is 10.9. The zero-order valence-electron chi connectivity index (χ0n) is 37.7. The van der Waals surface area contributed by atoms with Gasteiger partial charge in [-0.25, -0.2) is 18.4 Å². The number of nitrogens with zero attached hydrogens (tertiary/aromatic N) is 7. The summed E-state index contributed by atoms with van der Waals surface area (Å²) >= 11 is 0.930. The number of nitrogens with one attached hydrogen (secondary N) is 3. The van der Waals surface area contributed by atoms with Crippen molar-refractivity contribution in [2.24, 2.45) is 20.5 Å². The minimum atomic E-state index is -4.93. The number of aromatic nitrogens is 2. The third-order valence-electron chi connectivity index (χ3n) is 11.0. The fourth-order valence-electron chi connectivity index (χ4n) is 7.41. The normalized spacial score (nSPS) is 12.4. The Hall–Kier alpha value is -8.39. The van der Waals surface area contributed by atoms with Gasteiger partial charge < -0.3 is 10.6 Å².